The van der Waals surface area contributed by atoms with E-state index < -0.39 is 10.0 Å². The molecule has 0 heterocycles. The van der Waals surface area contributed by atoms with Crippen LogP contribution >= 0.6 is 0 Å². The van der Waals surface area contributed by atoms with E-state index in [0.29, 0.717) is 16.9 Å². The molecule has 0 radical (unpaired) electrons. The predicted molar refractivity (Wildman–Crippen MR) is 102 cm³/mol. The Labute approximate surface area is 153 Å². The number of rotatable bonds is 7. The van der Waals surface area contributed by atoms with Crippen molar-refractivity contribution in [3.63, 3.8) is 0 Å². The van der Waals surface area contributed by atoms with Crippen molar-refractivity contribution in [3.05, 3.63) is 54.1 Å². The van der Waals surface area contributed by atoms with Gasteiger partial charge in [0.15, 0.2) is 5.78 Å². The summed E-state index contributed by atoms with van der Waals surface area (Å²) in [4.78, 5) is 23.2. The van der Waals surface area contributed by atoms with Gasteiger partial charge in [-0.25, -0.2) is 8.42 Å². The van der Waals surface area contributed by atoms with Gasteiger partial charge in [0.05, 0.1) is 4.90 Å². The number of Topliss-reactive ketones (excluding diaryl/α,β-unsaturated/α-hetero) is 1. The molecule has 138 valence electrons. The first kappa shape index (κ1) is 19.7. The number of hydrogen-bond acceptors (Lipinski definition) is 4. The molecule has 1 atom stereocenters. The molecule has 0 aliphatic heterocycles. The van der Waals surface area contributed by atoms with Gasteiger partial charge < -0.3 is 5.32 Å². The third-order valence-corrected chi connectivity index (χ3v) is 5.43. The fourth-order valence-corrected chi connectivity index (χ4v) is 3.21. The topological polar surface area (TPSA) is 92.3 Å². The van der Waals surface area contributed by atoms with E-state index in [1.54, 1.807) is 24.3 Å². The smallest absolute Gasteiger partial charge is 0.261 e. The lowest BCUT2D eigenvalue weighted by molar-refractivity contribution is -0.119. The molecule has 1 unspecified atom stereocenters. The maximum atomic E-state index is 12.4. The Hall–Kier alpha value is -2.67. The van der Waals surface area contributed by atoms with Crippen molar-refractivity contribution >= 4 is 33.1 Å². The average molecular weight is 374 g/mol. The Balaban J connectivity index is 2.11. The monoisotopic (exact) mass is 374 g/mol. The van der Waals surface area contributed by atoms with Gasteiger partial charge in [0.25, 0.3) is 10.0 Å². The average Bonchev–Trinajstić information content (AvgIpc) is 2.61. The van der Waals surface area contributed by atoms with Gasteiger partial charge in [-0.05, 0) is 61.9 Å². The zero-order valence-corrected chi connectivity index (χ0v) is 15.8. The summed E-state index contributed by atoms with van der Waals surface area (Å²) < 4.78 is 27.3. The van der Waals surface area contributed by atoms with Gasteiger partial charge >= 0.3 is 0 Å². The fourth-order valence-electron chi connectivity index (χ4n) is 2.16. The number of hydrogen-bond donors (Lipinski definition) is 2. The van der Waals surface area contributed by atoms with Crippen LogP contribution in [0.2, 0.25) is 0 Å². The van der Waals surface area contributed by atoms with Crippen LogP contribution in [0, 0.1) is 5.92 Å². The van der Waals surface area contributed by atoms with Gasteiger partial charge in [0.2, 0.25) is 5.91 Å². The molecule has 0 fully saturated rings. The maximum Gasteiger partial charge on any atom is 0.261 e. The van der Waals surface area contributed by atoms with Crippen LogP contribution in [-0.2, 0) is 14.8 Å². The number of nitrogens with one attached hydrogen (secondary N) is 2. The number of anilines is 2. The zero-order valence-electron chi connectivity index (χ0n) is 14.9. The standard InChI is InChI=1S/C19H22N2O4S/c1-4-13(2)19(23)20-16-9-11-18(12-10-16)26(24,25)21-17-7-5-15(6-8-17)14(3)22/h5-13,21H,4H2,1-3H3,(H,20,23). The first-order valence-corrected chi connectivity index (χ1v) is 9.76. The van der Waals surface area contributed by atoms with Gasteiger partial charge in [-0.1, -0.05) is 13.8 Å². The molecule has 7 heteroatoms. The Bertz CT molecular complexity index is 888. The SMILES string of the molecule is CCC(C)C(=O)Nc1ccc(S(=O)(=O)Nc2ccc(C(C)=O)cc2)cc1. The van der Waals surface area contributed by atoms with Crippen molar-refractivity contribution in [1.82, 2.24) is 0 Å². The largest absolute Gasteiger partial charge is 0.326 e. The molecule has 26 heavy (non-hydrogen) atoms. The molecule has 0 aromatic heterocycles. The highest BCUT2D eigenvalue weighted by atomic mass is 32.2. The van der Waals surface area contributed by atoms with Crippen molar-refractivity contribution in [2.24, 2.45) is 5.92 Å². The third kappa shape index (κ3) is 4.92. The molecule has 0 saturated carbocycles. The van der Waals surface area contributed by atoms with E-state index in [-0.39, 0.29) is 22.5 Å². The fraction of sp³-hybridized carbons (Fsp3) is 0.263. The first-order valence-electron chi connectivity index (χ1n) is 8.27. The molecule has 6 nitrogen and oxygen atoms in total. The molecule has 0 aliphatic rings. The highest BCUT2D eigenvalue weighted by Gasteiger charge is 2.15. The van der Waals surface area contributed by atoms with Crippen LogP contribution in [0.1, 0.15) is 37.6 Å². The van der Waals surface area contributed by atoms with Crippen LogP contribution in [0.25, 0.3) is 0 Å². The van der Waals surface area contributed by atoms with Gasteiger partial charge in [0.1, 0.15) is 0 Å². The van der Waals surface area contributed by atoms with Crippen molar-refractivity contribution in [2.45, 2.75) is 32.1 Å². The summed E-state index contributed by atoms with van der Waals surface area (Å²) in [7, 11) is -3.76. The Kier molecular flexibility index (Phi) is 6.15. The molecule has 2 N–H and O–H groups in total. The Morgan fingerprint density at radius 1 is 0.962 bits per heavy atom. The number of ketones is 1. The molecule has 2 rings (SSSR count). The minimum atomic E-state index is -3.76. The highest BCUT2D eigenvalue weighted by Crippen LogP contribution is 2.19. The van der Waals surface area contributed by atoms with Crippen molar-refractivity contribution in [3.8, 4) is 0 Å². The van der Waals surface area contributed by atoms with E-state index in [1.807, 2.05) is 13.8 Å². The second-order valence-electron chi connectivity index (χ2n) is 6.06. The van der Waals surface area contributed by atoms with E-state index in [9.17, 15) is 18.0 Å². The number of carbonyl (C=O) groups is 2. The van der Waals surface area contributed by atoms with E-state index in [1.165, 1.54) is 31.2 Å². The molecular weight excluding hydrogens is 352 g/mol. The maximum absolute atomic E-state index is 12.4. The van der Waals surface area contributed by atoms with Gasteiger partial charge in [-0.3, -0.25) is 14.3 Å². The van der Waals surface area contributed by atoms with Crippen molar-refractivity contribution in [2.75, 3.05) is 10.0 Å². The second kappa shape index (κ2) is 8.14. The van der Waals surface area contributed by atoms with Gasteiger partial charge in [-0.2, -0.15) is 0 Å². The predicted octanol–water partition coefficient (Wildman–Crippen LogP) is 3.67. The summed E-state index contributed by atoms with van der Waals surface area (Å²) in [5.74, 6) is -0.306. The number of sulfonamides is 1. The van der Waals surface area contributed by atoms with Crippen LogP contribution in [0.5, 0.6) is 0 Å². The minimum absolute atomic E-state index is 0.0784. The van der Waals surface area contributed by atoms with Gasteiger partial charge in [0, 0.05) is 22.9 Å². The van der Waals surface area contributed by atoms with Crippen LogP contribution in [0.15, 0.2) is 53.4 Å². The molecule has 2 aromatic rings. The summed E-state index contributed by atoms with van der Waals surface area (Å²) in [5, 5.41) is 2.75. The van der Waals surface area contributed by atoms with E-state index >= 15 is 0 Å². The molecule has 0 saturated heterocycles. The van der Waals surface area contributed by atoms with Crippen molar-refractivity contribution in [1.29, 1.82) is 0 Å². The number of amides is 1. The van der Waals surface area contributed by atoms with E-state index in [4.69, 9.17) is 0 Å². The van der Waals surface area contributed by atoms with Gasteiger partial charge in [-0.15, -0.1) is 0 Å². The lowest BCUT2D eigenvalue weighted by Gasteiger charge is -2.11. The van der Waals surface area contributed by atoms with Crippen LogP contribution < -0.4 is 10.0 Å². The summed E-state index contributed by atoms with van der Waals surface area (Å²) in [5.41, 5.74) is 1.42. The summed E-state index contributed by atoms with van der Waals surface area (Å²) in [6.45, 7) is 5.20. The lowest BCUT2D eigenvalue weighted by Crippen LogP contribution is -2.19. The van der Waals surface area contributed by atoms with E-state index in [0.717, 1.165) is 6.42 Å². The summed E-state index contributed by atoms with van der Waals surface area (Å²) in [6.07, 6.45) is 0.727. The summed E-state index contributed by atoms with van der Waals surface area (Å²) >= 11 is 0. The van der Waals surface area contributed by atoms with Crippen LogP contribution in [-0.4, -0.2) is 20.1 Å². The van der Waals surface area contributed by atoms with Crippen LogP contribution in [0.3, 0.4) is 0 Å². The second-order valence-corrected chi connectivity index (χ2v) is 7.74. The highest BCUT2D eigenvalue weighted by molar-refractivity contribution is 7.92. The molecule has 2 aromatic carbocycles. The Morgan fingerprint density at radius 3 is 2.00 bits per heavy atom. The van der Waals surface area contributed by atoms with Crippen LogP contribution in [0.4, 0.5) is 11.4 Å². The minimum Gasteiger partial charge on any atom is -0.326 e. The lowest BCUT2D eigenvalue weighted by atomic mass is 10.1. The third-order valence-electron chi connectivity index (χ3n) is 4.04. The summed E-state index contributed by atoms with van der Waals surface area (Å²) in [6, 6.07) is 12.2. The molecule has 1 amide bonds. The normalized spacial score (nSPS) is 12.3. The first-order chi connectivity index (χ1) is 12.2. The molecular formula is C19H22N2O4S. The zero-order chi connectivity index (χ0) is 19.3. The molecule has 0 bridgehead atoms. The molecule has 0 aliphatic carbocycles. The number of benzene rings is 2. The quantitative estimate of drug-likeness (QED) is 0.723. The van der Waals surface area contributed by atoms with E-state index in [2.05, 4.69) is 10.0 Å². The van der Waals surface area contributed by atoms with Crippen molar-refractivity contribution < 1.29 is 18.0 Å². The number of carbonyl (C=O) groups excluding carboxylic acids is 2. The molecule has 0 spiro atoms. The Morgan fingerprint density at radius 2 is 1.50 bits per heavy atom.